The van der Waals surface area contributed by atoms with Crippen LogP contribution in [0.5, 0.6) is 0 Å². The maximum atomic E-state index is 13.9. The van der Waals surface area contributed by atoms with Crippen molar-refractivity contribution in [1.29, 1.82) is 0 Å². The summed E-state index contributed by atoms with van der Waals surface area (Å²) in [6.07, 6.45) is 7.49. The summed E-state index contributed by atoms with van der Waals surface area (Å²) < 4.78 is 1.74. The van der Waals surface area contributed by atoms with E-state index in [2.05, 4.69) is 60.7 Å². The fourth-order valence-corrected chi connectivity index (χ4v) is 7.56. The number of fused-ring (bicyclic) bond motifs is 8. The third-order valence-electron chi connectivity index (χ3n) is 9.34. The van der Waals surface area contributed by atoms with Crippen LogP contribution in [0.25, 0.3) is 60.1 Å². The number of amidine groups is 1. The number of para-hydroxylation sites is 2. The van der Waals surface area contributed by atoms with Crippen LogP contribution in [0.2, 0.25) is 0 Å². The van der Waals surface area contributed by atoms with E-state index in [1.807, 2.05) is 53.5 Å². The van der Waals surface area contributed by atoms with Crippen LogP contribution in [-0.2, 0) is 0 Å². The molecule has 6 heteroatoms. The summed E-state index contributed by atoms with van der Waals surface area (Å²) in [6.45, 7) is 0. The topological polar surface area (TPSA) is 70.2 Å². The van der Waals surface area contributed by atoms with Gasteiger partial charge in [0, 0.05) is 32.7 Å². The predicted molar refractivity (Wildman–Crippen MR) is 167 cm³/mol. The molecule has 6 nitrogen and oxygen atoms in total. The molecule has 0 saturated carbocycles. The lowest BCUT2D eigenvalue weighted by molar-refractivity contribution is 0.0418. The van der Waals surface area contributed by atoms with Gasteiger partial charge >= 0.3 is 0 Å². The van der Waals surface area contributed by atoms with Gasteiger partial charge in [0.2, 0.25) is 0 Å². The van der Waals surface area contributed by atoms with E-state index in [4.69, 9.17) is 9.98 Å². The number of aliphatic imine (C=N–C) groups is 1. The van der Waals surface area contributed by atoms with Gasteiger partial charge < -0.3 is 10.0 Å². The van der Waals surface area contributed by atoms with Crippen molar-refractivity contribution in [2.75, 3.05) is 0 Å². The Kier molecular flexibility index (Phi) is 4.10. The molecule has 5 aromatic carbocycles. The minimum Gasteiger partial charge on any atom is -0.369 e. The van der Waals surface area contributed by atoms with Crippen LogP contribution in [-0.4, -0.2) is 37.3 Å². The number of nitrogens with zero attached hydrogens (tertiary/aromatic N) is 4. The Morgan fingerprint density at radius 3 is 2.36 bits per heavy atom. The zero-order valence-electron chi connectivity index (χ0n) is 22.3. The summed E-state index contributed by atoms with van der Waals surface area (Å²) in [4.78, 5) is 25.9. The molecule has 1 aliphatic carbocycles. The first-order valence-electron chi connectivity index (χ1n) is 14.2. The van der Waals surface area contributed by atoms with Gasteiger partial charge in [-0.25, -0.2) is 4.98 Å². The van der Waals surface area contributed by atoms with Crippen molar-refractivity contribution in [3.63, 3.8) is 0 Å². The van der Waals surface area contributed by atoms with Crippen LogP contribution in [0.4, 0.5) is 0 Å². The van der Waals surface area contributed by atoms with E-state index in [-0.39, 0.29) is 17.6 Å². The van der Waals surface area contributed by atoms with Gasteiger partial charge in [-0.1, -0.05) is 91.0 Å². The highest BCUT2D eigenvalue weighted by Crippen LogP contribution is 2.45. The number of hydrogen-bond acceptors (Lipinski definition) is 5. The van der Waals surface area contributed by atoms with Crippen molar-refractivity contribution in [3.05, 3.63) is 131 Å². The second-order valence-corrected chi connectivity index (χ2v) is 11.4. The van der Waals surface area contributed by atoms with Crippen LogP contribution < -0.4 is 5.56 Å². The highest BCUT2D eigenvalue weighted by atomic mass is 16.3. The number of imidazole rings is 1. The van der Waals surface area contributed by atoms with Gasteiger partial charge in [0.25, 0.3) is 5.56 Å². The number of aliphatic hydroxyl groups excluding tert-OH is 1. The number of pyridine rings is 1. The van der Waals surface area contributed by atoms with E-state index < -0.39 is 6.23 Å². The first-order chi connectivity index (χ1) is 20.7. The molecule has 0 spiro atoms. The molecule has 0 bridgehead atoms. The highest BCUT2D eigenvalue weighted by Gasteiger charge is 2.42. The molecule has 2 aliphatic heterocycles. The highest BCUT2D eigenvalue weighted by molar-refractivity contribution is 6.22. The fourth-order valence-electron chi connectivity index (χ4n) is 7.56. The fraction of sp³-hybridized carbons (Fsp3) is 0.0833. The Morgan fingerprint density at radius 2 is 1.45 bits per heavy atom. The Hall–Kier alpha value is -5.33. The number of allylic oxidation sites excluding steroid dienone is 2. The molecule has 3 atom stereocenters. The Balaban J connectivity index is 1.27. The summed E-state index contributed by atoms with van der Waals surface area (Å²) in [6, 6.07) is 28.5. The van der Waals surface area contributed by atoms with Crippen LogP contribution >= 0.6 is 0 Å². The van der Waals surface area contributed by atoms with Crippen LogP contribution in [0, 0.1) is 0 Å². The maximum Gasteiger partial charge on any atom is 0.264 e. The Bertz CT molecular complexity index is 2490. The van der Waals surface area contributed by atoms with Gasteiger partial charge in [0.1, 0.15) is 11.5 Å². The second kappa shape index (κ2) is 7.69. The number of aromatic nitrogens is 2. The van der Waals surface area contributed by atoms with Gasteiger partial charge in [0.15, 0.2) is 6.23 Å². The molecule has 198 valence electrons. The normalized spacial score (nSPS) is 20.7. The minimum atomic E-state index is -0.789. The lowest BCUT2D eigenvalue weighted by Crippen LogP contribution is -2.43. The van der Waals surface area contributed by atoms with E-state index in [9.17, 15) is 9.90 Å². The largest absolute Gasteiger partial charge is 0.369 e. The van der Waals surface area contributed by atoms with E-state index in [0.29, 0.717) is 11.0 Å². The maximum absolute atomic E-state index is 13.9. The first kappa shape index (κ1) is 22.4. The molecule has 2 aromatic heterocycles. The lowest BCUT2D eigenvalue weighted by atomic mass is 9.86. The molecule has 0 amide bonds. The number of aliphatic hydroxyl groups is 1. The minimum absolute atomic E-state index is 0.00489. The van der Waals surface area contributed by atoms with Gasteiger partial charge in [0.05, 0.1) is 23.1 Å². The molecular weight excluding hydrogens is 520 g/mol. The first-order valence-corrected chi connectivity index (χ1v) is 14.2. The molecule has 1 N–H and O–H groups in total. The quantitative estimate of drug-likeness (QED) is 0.263. The molecule has 4 heterocycles. The second-order valence-electron chi connectivity index (χ2n) is 11.4. The monoisotopic (exact) mass is 542 g/mol. The molecular formula is C36H22N4O2. The third kappa shape index (κ3) is 2.61. The molecule has 42 heavy (non-hydrogen) atoms. The van der Waals surface area contributed by atoms with E-state index in [1.54, 1.807) is 4.40 Å². The van der Waals surface area contributed by atoms with Crippen LogP contribution in [0.1, 0.15) is 17.4 Å². The van der Waals surface area contributed by atoms with Crippen LogP contribution in [0.15, 0.2) is 119 Å². The van der Waals surface area contributed by atoms with Crippen molar-refractivity contribution in [2.45, 2.75) is 18.3 Å². The van der Waals surface area contributed by atoms with E-state index in [0.717, 1.165) is 66.1 Å². The zero-order valence-corrected chi connectivity index (χ0v) is 22.3. The SMILES string of the molecule is O=c1c2ccc(-c3ccc4c5c(cccc35)C3=NC5C=CC=CC5N3C4O)c3cccc(c32)c2nc3ccccc3n12. The van der Waals surface area contributed by atoms with Crippen molar-refractivity contribution in [1.82, 2.24) is 14.3 Å². The number of rotatable bonds is 1. The lowest BCUT2D eigenvalue weighted by Gasteiger charge is -2.37. The molecule has 3 aliphatic rings. The molecule has 0 saturated heterocycles. The Labute approximate surface area is 239 Å². The predicted octanol–water partition coefficient (Wildman–Crippen LogP) is 6.34. The molecule has 3 unspecified atom stereocenters. The van der Waals surface area contributed by atoms with Gasteiger partial charge in [-0.3, -0.25) is 14.2 Å². The molecule has 10 rings (SSSR count). The van der Waals surface area contributed by atoms with Gasteiger partial charge in [-0.2, -0.15) is 0 Å². The average Bonchev–Trinajstić information content (AvgIpc) is 3.62. The van der Waals surface area contributed by atoms with Crippen molar-refractivity contribution >= 4 is 54.8 Å². The summed E-state index contributed by atoms with van der Waals surface area (Å²) in [7, 11) is 0. The van der Waals surface area contributed by atoms with Crippen molar-refractivity contribution in [2.24, 2.45) is 4.99 Å². The van der Waals surface area contributed by atoms with E-state index >= 15 is 0 Å². The molecule has 0 fully saturated rings. The third-order valence-corrected chi connectivity index (χ3v) is 9.34. The summed E-state index contributed by atoms with van der Waals surface area (Å²) in [5.74, 6) is 0.838. The average molecular weight is 543 g/mol. The standard InChI is InChI=1S/C36H22N4O2/c41-35-25-17-15-19(21-7-5-9-23(31(21)25)33-37-27-11-1-3-13-29(27)39(33)35)20-16-18-26-32-22(20)8-6-10-24(32)34-38-28-12-2-4-14-30(28)40(34)36(26)42/h1-18,27,29,35,41H. The van der Waals surface area contributed by atoms with Crippen molar-refractivity contribution in [3.8, 4) is 11.1 Å². The van der Waals surface area contributed by atoms with Gasteiger partial charge in [-0.05, 0) is 40.1 Å². The van der Waals surface area contributed by atoms with E-state index in [1.165, 1.54) is 0 Å². The molecule has 0 radical (unpaired) electrons. The smallest absolute Gasteiger partial charge is 0.264 e. The van der Waals surface area contributed by atoms with Crippen LogP contribution in [0.3, 0.4) is 0 Å². The zero-order chi connectivity index (χ0) is 27.7. The molecule has 7 aromatic rings. The summed E-state index contributed by atoms with van der Waals surface area (Å²) in [5.41, 5.74) is 6.28. The van der Waals surface area contributed by atoms with Crippen molar-refractivity contribution < 1.29 is 5.11 Å². The number of benzene rings is 5. The summed E-state index contributed by atoms with van der Waals surface area (Å²) >= 11 is 0. The summed E-state index contributed by atoms with van der Waals surface area (Å²) in [5, 5.41) is 17.3. The van der Waals surface area contributed by atoms with Gasteiger partial charge in [-0.15, -0.1) is 0 Å². The Morgan fingerprint density at radius 1 is 0.690 bits per heavy atom. The number of hydrogen-bond donors (Lipinski definition) is 1.